The van der Waals surface area contributed by atoms with Crippen molar-refractivity contribution in [1.29, 1.82) is 0 Å². The Morgan fingerprint density at radius 2 is 2.15 bits per heavy atom. The number of hydrogen-bond donors (Lipinski definition) is 1. The highest BCUT2D eigenvalue weighted by Crippen LogP contribution is 2.24. The minimum atomic E-state index is 0.747. The summed E-state index contributed by atoms with van der Waals surface area (Å²) in [5.74, 6) is 0. The molecule has 0 amide bonds. The summed E-state index contributed by atoms with van der Waals surface area (Å²) >= 11 is 4.49. The Hall–Kier alpha value is -1.01. The fraction of sp³-hybridized carbons (Fsp3) is 0. The van der Waals surface area contributed by atoms with Gasteiger partial charge in [0, 0.05) is 10.0 Å². The average Bonchev–Trinajstić information content (AvgIpc) is 2.59. The summed E-state index contributed by atoms with van der Waals surface area (Å²) < 4.78 is 9.09. The zero-order chi connectivity index (χ0) is 9.26. The first kappa shape index (κ1) is 8.58. The van der Waals surface area contributed by atoms with Gasteiger partial charge in [0.2, 0.25) is 0 Å². The van der Waals surface area contributed by atoms with E-state index in [0.717, 1.165) is 32.8 Å². The van der Waals surface area contributed by atoms with E-state index >= 15 is 0 Å². The number of nitrogens with zero attached hydrogens (tertiary/aromatic N) is 3. The number of fused-ring (bicyclic) bond motifs is 1. The van der Waals surface area contributed by atoms with Crippen LogP contribution in [-0.4, -0.2) is 20.2 Å². The van der Waals surface area contributed by atoms with Gasteiger partial charge < -0.3 is 5.21 Å². The second-order valence-corrected chi connectivity index (χ2v) is 3.73. The molecule has 0 saturated heterocycles. The maximum absolute atomic E-state index is 8.40. The molecular weight excluding hydrogens is 254 g/mol. The number of benzene rings is 1. The molecular formula is C7H4BrN3OS. The van der Waals surface area contributed by atoms with Gasteiger partial charge >= 0.3 is 0 Å². The zero-order valence-electron chi connectivity index (χ0n) is 6.31. The summed E-state index contributed by atoms with van der Waals surface area (Å²) in [6.45, 7) is 0. The molecule has 1 heterocycles. The molecule has 6 heteroatoms. The molecule has 1 aromatic heterocycles. The van der Waals surface area contributed by atoms with Crippen LogP contribution >= 0.6 is 27.7 Å². The van der Waals surface area contributed by atoms with Gasteiger partial charge in [-0.3, -0.25) is 0 Å². The Morgan fingerprint density at radius 1 is 1.38 bits per heavy atom. The van der Waals surface area contributed by atoms with Crippen molar-refractivity contribution in [3.05, 3.63) is 22.2 Å². The lowest BCUT2D eigenvalue weighted by molar-refractivity contribution is 0.322. The van der Waals surface area contributed by atoms with Crippen molar-refractivity contribution >= 4 is 44.9 Å². The number of oxime groups is 1. The van der Waals surface area contributed by atoms with Crippen molar-refractivity contribution in [2.24, 2.45) is 5.16 Å². The van der Waals surface area contributed by atoms with Crippen LogP contribution in [0.15, 0.2) is 21.8 Å². The first-order valence-corrected chi connectivity index (χ1v) is 4.93. The maximum atomic E-state index is 8.40. The Labute approximate surface area is 86.4 Å². The molecule has 0 atom stereocenters. The molecule has 66 valence electrons. The number of hydrogen-bond acceptors (Lipinski definition) is 5. The lowest BCUT2D eigenvalue weighted by atomic mass is 10.2. The van der Waals surface area contributed by atoms with Crippen LogP contribution in [0.2, 0.25) is 0 Å². The lowest BCUT2D eigenvalue weighted by Gasteiger charge is -1.94. The summed E-state index contributed by atoms with van der Waals surface area (Å²) in [6, 6.07) is 3.66. The monoisotopic (exact) mass is 257 g/mol. The quantitative estimate of drug-likeness (QED) is 0.485. The zero-order valence-corrected chi connectivity index (χ0v) is 8.71. The summed E-state index contributed by atoms with van der Waals surface area (Å²) in [5, 5.41) is 11.4. The minimum absolute atomic E-state index is 0.747. The summed E-state index contributed by atoms with van der Waals surface area (Å²) in [4.78, 5) is 0. The van der Waals surface area contributed by atoms with Crippen LogP contribution in [-0.2, 0) is 0 Å². The number of rotatable bonds is 1. The molecule has 0 aliphatic rings. The Balaban J connectivity index is 2.78. The van der Waals surface area contributed by atoms with Crippen molar-refractivity contribution < 1.29 is 5.21 Å². The standard InChI is InChI=1S/C7H4BrN3OS/c8-5-2-1-4(3-9-12)6-7(5)11-13-10-6/h1-3,12H. The van der Waals surface area contributed by atoms with Gasteiger partial charge in [-0.15, -0.1) is 0 Å². The molecule has 1 N–H and O–H groups in total. The van der Waals surface area contributed by atoms with E-state index in [0.29, 0.717) is 0 Å². The van der Waals surface area contributed by atoms with E-state index in [1.54, 1.807) is 0 Å². The molecule has 4 nitrogen and oxygen atoms in total. The highest BCUT2D eigenvalue weighted by Gasteiger charge is 2.06. The van der Waals surface area contributed by atoms with Gasteiger partial charge in [-0.05, 0) is 28.1 Å². The third kappa shape index (κ3) is 1.42. The molecule has 0 fully saturated rings. The van der Waals surface area contributed by atoms with Crippen molar-refractivity contribution in [2.45, 2.75) is 0 Å². The highest BCUT2D eigenvalue weighted by molar-refractivity contribution is 9.10. The van der Waals surface area contributed by atoms with Crippen molar-refractivity contribution in [2.75, 3.05) is 0 Å². The molecule has 0 saturated carbocycles. The molecule has 0 radical (unpaired) electrons. The molecule has 0 aliphatic heterocycles. The molecule has 2 rings (SSSR count). The highest BCUT2D eigenvalue weighted by atomic mass is 79.9. The van der Waals surface area contributed by atoms with Gasteiger partial charge in [0.15, 0.2) is 0 Å². The van der Waals surface area contributed by atoms with E-state index in [-0.39, 0.29) is 0 Å². The second kappa shape index (κ2) is 3.39. The molecule has 1 aromatic carbocycles. The average molecular weight is 258 g/mol. The van der Waals surface area contributed by atoms with Gasteiger partial charge in [-0.25, -0.2) is 0 Å². The van der Waals surface area contributed by atoms with E-state index < -0.39 is 0 Å². The van der Waals surface area contributed by atoms with Crippen molar-refractivity contribution in [1.82, 2.24) is 8.75 Å². The molecule has 0 unspecified atom stereocenters. The Kier molecular flexibility index (Phi) is 2.24. The van der Waals surface area contributed by atoms with Crippen LogP contribution in [0, 0.1) is 0 Å². The predicted octanol–water partition coefficient (Wildman–Crippen LogP) is 2.26. The molecule has 13 heavy (non-hydrogen) atoms. The lowest BCUT2D eigenvalue weighted by Crippen LogP contribution is -1.84. The summed E-state index contributed by atoms with van der Waals surface area (Å²) in [6.07, 6.45) is 1.34. The molecule has 0 aliphatic carbocycles. The van der Waals surface area contributed by atoms with Gasteiger partial charge in [-0.2, -0.15) is 8.75 Å². The van der Waals surface area contributed by atoms with Gasteiger partial charge in [0.25, 0.3) is 0 Å². The smallest absolute Gasteiger partial charge is 0.119 e. The summed E-state index contributed by atoms with van der Waals surface area (Å²) in [5.41, 5.74) is 2.30. The first-order chi connectivity index (χ1) is 6.33. The third-order valence-corrected chi connectivity index (χ3v) is 2.76. The van der Waals surface area contributed by atoms with Crippen molar-refractivity contribution in [3.63, 3.8) is 0 Å². The molecule has 0 spiro atoms. The minimum Gasteiger partial charge on any atom is -0.411 e. The van der Waals surface area contributed by atoms with E-state index in [1.807, 2.05) is 12.1 Å². The fourth-order valence-corrected chi connectivity index (χ4v) is 2.13. The Morgan fingerprint density at radius 3 is 2.92 bits per heavy atom. The van der Waals surface area contributed by atoms with E-state index in [9.17, 15) is 0 Å². The van der Waals surface area contributed by atoms with Crippen LogP contribution < -0.4 is 0 Å². The van der Waals surface area contributed by atoms with Crippen LogP contribution in [0.4, 0.5) is 0 Å². The van der Waals surface area contributed by atoms with E-state index in [2.05, 4.69) is 29.8 Å². The van der Waals surface area contributed by atoms with Gasteiger partial charge in [0.05, 0.1) is 17.9 Å². The third-order valence-electron chi connectivity index (χ3n) is 1.59. The fourth-order valence-electron chi connectivity index (χ4n) is 1.02. The van der Waals surface area contributed by atoms with Crippen LogP contribution in [0.25, 0.3) is 11.0 Å². The van der Waals surface area contributed by atoms with Crippen LogP contribution in [0.1, 0.15) is 5.56 Å². The maximum Gasteiger partial charge on any atom is 0.119 e. The van der Waals surface area contributed by atoms with Gasteiger partial charge in [-0.1, -0.05) is 5.16 Å². The van der Waals surface area contributed by atoms with E-state index in [4.69, 9.17) is 5.21 Å². The van der Waals surface area contributed by atoms with Crippen LogP contribution in [0.3, 0.4) is 0 Å². The van der Waals surface area contributed by atoms with Crippen molar-refractivity contribution in [3.8, 4) is 0 Å². The van der Waals surface area contributed by atoms with Gasteiger partial charge in [0.1, 0.15) is 11.0 Å². The Bertz CT molecular complexity index is 468. The molecule has 0 bridgehead atoms. The topological polar surface area (TPSA) is 58.4 Å². The van der Waals surface area contributed by atoms with E-state index in [1.165, 1.54) is 6.21 Å². The molecule has 2 aromatic rings. The number of aromatic nitrogens is 2. The SMILES string of the molecule is ON=Cc1ccc(Br)c2nsnc12. The second-order valence-electron chi connectivity index (χ2n) is 2.34. The number of halogens is 1. The predicted molar refractivity (Wildman–Crippen MR) is 54.5 cm³/mol. The normalized spacial score (nSPS) is 11.5. The van der Waals surface area contributed by atoms with Crippen LogP contribution in [0.5, 0.6) is 0 Å². The largest absolute Gasteiger partial charge is 0.411 e. The summed E-state index contributed by atoms with van der Waals surface area (Å²) in [7, 11) is 0. The first-order valence-electron chi connectivity index (χ1n) is 3.41.